The predicted octanol–water partition coefficient (Wildman–Crippen LogP) is 0.526. The van der Waals surface area contributed by atoms with Gasteiger partial charge in [-0.3, -0.25) is 14.2 Å². The molecule has 1 aromatic carbocycles. The van der Waals surface area contributed by atoms with Crippen molar-refractivity contribution in [1.82, 2.24) is 9.88 Å². The molecule has 2 rings (SSSR count). The molecule has 0 aliphatic carbocycles. The molecule has 1 amide bonds. The van der Waals surface area contributed by atoms with Gasteiger partial charge in [0.25, 0.3) is 11.5 Å². The molecule has 98 valence electrons. The van der Waals surface area contributed by atoms with Crippen LogP contribution >= 0.6 is 0 Å². The van der Waals surface area contributed by atoms with Gasteiger partial charge in [0.1, 0.15) is 0 Å². The maximum atomic E-state index is 11.7. The van der Waals surface area contributed by atoms with Gasteiger partial charge in [-0.15, -0.1) is 0 Å². The number of aromatic nitrogens is 1. The normalized spacial score (nSPS) is 10.2. The van der Waals surface area contributed by atoms with Gasteiger partial charge in [0, 0.05) is 36.6 Å². The van der Waals surface area contributed by atoms with Crippen molar-refractivity contribution in [3.8, 4) is 5.69 Å². The molecular formula is C14H15N3O2. The summed E-state index contributed by atoms with van der Waals surface area (Å²) in [5, 5.41) is 2.69. The van der Waals surface area contributed by atoms with Gasteiger partial charge in [-0.2, -0.15) is 0 Å². The number of benzene rings is 1. The van der Waals surface area contributed by atoms with Crippen LogP contribution in [-0.2, 0) is 0 Å². The summed E-state index contributed by atoms with van der Waals surface area (Å²) in [7, 11) is 0. The monoisotopic (exact) mass is 257 g/mol. The molecule has 19 heavy (non-hydrogen) atoms. The molecule has 2 aromatic rings. The van der Waals surface area contributed by atoms with Gasteiger partial charge < -0.3 is 11.1 Å². The van der Waals surface area contributed by atoms with Crippen molar-refractivity contribution in [3.63, 3.8) is 0 Å². The van der Waals surface area contributed by atoms with Gasteiger partial charge in [0.05, 0.1) is 0 Å². The second-order valence-corrected chi connectivity index (χ2v) is 4.00. The molecule has 0 aliphatic heterocycles. The minimum atomic E-state index is -0.169. The third kappa shape index (κ3) is 3.08. The summed E-state index contributed by atoms with van der Waals surface area (Å²) in [6.45, 7) is 0.849. The Kier molecular flexibility index (Phi) is 4.10. The number of nitrogens with two attached hydrogens (primary N) is 1. The van der Waals surface area contributed by atoms with E-state index in [-0.39, 0.29) is 11.5 Å². The van der Waals surface area contributed by atoms with Gasteiger partial charge in [-0.05, 0) is 30.3 Å². The molecule has 0 atom stereocenters. The average Bonchev–Trinajstić information content (AvgIpc) is 2.45. The summed E-state index contributed by atoms with van der Waals surface area (Å²) < 4.78 is 1.52. The maximum absolute atomic E-state index is 11.7. The fourth-order valence-electron chi connectivity index (χ4n) is 1.70. The highest BCUT2D eigenvalue weighted by Gasteiger charge is 2.05. The first-order chi connectivity index (χ1) is 9.22. The van der Waals surface area contributed by atoms with Crippen molar-refractivity contribution in [2.24, 2.45) is 5.73 Å². The number of pyridine rings is 1. The standard InChI is InChI=1S/C14H15N3O2/c15-8-9-16-14(19)11-4-6-12(7-5-11)17-10-2-1-3-13(17)18/h1-7,10H,8-9,15H2,(H,16,19). The van der Waals surface area contributed by atoms with E-state index in [0.29, 0.717) is 18.7 Å². The smallest absolute Gasteiger partial charge is 0.255 e. The van der Waals surface area contributed by atoms with Gasteiger partial charge in [0.2, 0.25) is 0 Å². The molecule has 0 saturated heterocycles. The number of nitrogens with zero attached hydrogens (tertiary/aromatic N) is 1. The lowest BCUT2D eigenvalue weighted by molar-refractivity contribution is 0.0955. The van der Waals surface area contributed by atoms with Crippen molar-refractivity contribution in [2.75, 3.05) is 13.1 Å². The SMILES string of the molecule is NCCNC(=O)c1ccc(-n2ccccc2=O)cc1. The summed E-state index contributed by atoms with van der Waals surface area (Å²) in [6.07, 6.45) is 1.69. The van der Waals surface area contributed by atoms with Crippen LogP contribution in [0, 0.1) is 0 Å². The molecule has 5 heteroatoms. The Morgan fingerprint density at radius 1 is 1.16 bits per heavy atom. The topological polar surface area (TPSA) is 77.1 Å². The second kappa shape index (κ2) is 5.97. The number of hydrogen-bond acceptors (Lipinski definition) is 3. The zero-order valence-corrected chi connectivity index (χ0v) is 10.4. The quantitative estimate of drug-likeness (QED) is 0.838. The Balaban J connectivity index is 2.22. The van der Waals surface area contributed by atoms with E-state index in [4.69, 9.17) is 5.73 Å². The molecule has 1 aromatic heterocycles. The first kappa shape index (κ1) is 13.0. The fraction of sp³-hybridized carbons (Fsp3) is 0.143. The predicted molar refractivity (Wildman–Crippen MR) is 73.4 cm³/mol. The van der Waals surface area contributed by atoms with Crippen molar-refractivity contribution in [2.45, 2.75) is 0 Å². The molecule has 0 bridgehead atoms. The van der Waals surface area contributed by atoms with Crippen LogP contribution in [0.4, 0.5) is 0 Å². The summed E-state index contributed by atoms with van der Waals surface area (Å²) in [5.41, 5.74) is 6.48. The highest BCUT2D eigenvalue weighted by molar-refractivity contribution is 5.94. The van der Waals surface area contributed by atoms with Gasteiger partial charge in [-0.25, -0.2) is 0 Å². The molecule has 1 heterocycles. The van der Waals surface area contributed by atoms with Crippen LogP contribution in [0.5, 0.6) is 0 Å². The van der Waals surface area contributed by atoms with Crippen LogP contribution in [0.3, 0.4) is 0 Å². The first-order valence-corrected chi connectivity index (χ1v) is 5.99. The molecule has 3 N–H and O–H groups in total. The number of carbonyl (C=O) groups is 1. The number of rotatable bonds is 4. The van der Waals surface area contributed by atoms with Crippen molar-refractivity contribution in [3.05, 3.63) is 64.6 Å². The fourth-order valence-corrected chi connectivity index (χ4v) is 1.70. The number of nitrogens with one attached hydrogen (secondary N) is 1. The van der Waals surface area contributed by atoms with Gasteiger partial charge in [0.15, 0.2) is 0 Å². The van der Waals surface area contributed by atoms with Crippen LogP contribution < -0.4 is 16.6 Å². The van der Waals surface area contributed by atoms with Crippen molar-refractivity contribution >= 4 is 5.91 Å². The van der Waals surface area contributed by atoms with Crippen LogP contribution in [0.1, 0.15) is 10.4 Å². The average molecular weight is 257 g/mol. The molecular weight excluding hydrogens is 242 g/mol. The molecule has 0 fully saturated rings. The third-order valence-corrected chi connectivity index (χ3v) is 2.66. The third-order valence-electron chi connectivity index (χ3n) is 2.66. The summed E-state index contributed by atoms with van der Waals surface area (Å²) in [4.78, 5) is 23.3. The highest BCUT2D eigenvalue weighted by atomic mass is 16.1. The zero-order chi connectivity index (χ0) is 13.7. The Hall–Kier alpha value is -2.40. The summed E-state index contributed by atoms with van der Waals surface area (Å²) in [6, 6.07) is 11.8. The molecule has 5 nitrogen and oxygen atoms in total. The molecule has 0 spiro atoms. The van der Waals surface area contributed by atoms with E-state index in [9.17, 15) is 9.59 Å². The van der Waals surface area contributed by atoms with Gasteiger partial charge >= 0.3 is 0 Å². The van der Waals surface area contributed by atoms with E-state index < -0.39 is 0 Å². The Labute approximate surface area is 110 Å². The largest absolute Gasteiger partial charge is 0.351 e. The number of carbonyl (C=O) groups excluding carboxylic acids is 1. The van der Waals surface area contributed by atoms with E-state index in [2.05, 4.69) is 5.32 Å². The Morgan fingerprint density at radius 2 is 1.89 bits per heavy atom. The van der Waals surface area contributed by atoms with Crippen molar-refractivity contribution < 1.29 is 4.79 Å². The minimum absolute atomic E-state index is 0.108. The van der Waals surface area contributed by atoms with Crippen LogP contribution in [0.15, 0.2) is 53.5 Å². The maximum Gasteiger partial charge on any atom is 0.255 e. The lowest BCUT2D eigenvalue weighted by Gasteiger charge is -2.07. The molecule has 0 unspecified atom stereocenters. The first-order valence-electron chi connectivity index (χ1n) is 5.99. The zero-order valence-electron chi connectivity index (χ0n) is 10.4. The Morgan fingerprint density at radius 3 is 2.53 bits per heavy atom. The number of amides is 1. The number of hydrogen-bond donors (Lipinski definition) is 2. The van der Waals surface area contributed by atoms with Crippen LogP contribution in [0.25, 0.3) is 5.69 Å². The van der Waals surface area contributed by atoms with E-state index in [0.717, 1.165) is 5.69 Å². The lowest BCUT2D eigenvalue weighted by atomic mass is 10.2. The van der Waals surface area contributed by atoms with E-state index >= 15 is 0 Å². The second-order valence-electron chi connectivity index (χ2n) is 4.00. The van der Waals surface area contributed by atoms with E-state index in [1.165, 1.54) is 10.6 Å². The summed E-state index contributed by atoms with van der Waals surface area (Å²) in [5.74, 6) is -0.169. The molecule has 0 radical (unpaired) electrons. The van der Waals surface area contributed by atoms with Crippen molar-refractivity contribution in [1.29, 1.82) is 0 Å². The molecule has 0 aliphatic rings. The van der Waals surface area contributed by atoms with Crippen LogP contribution in [0.2, 0.25) is 0 Å². The Bertz CT molecular complexity index is 617. The van der Waals surface area contributed by atoms with Crippen LogP contribution in [-0.4, -0.2) is 23.6 Å². The lowest BCUT2D eigenvalue weighted by Crippen LogP contribution is -2.29. The van der Waals surface area contributed by atoms with E-state index in [1.807, 2.05) is 0 Å². The van der Waals surface area contributed by atoms with Gasteiger partial charge in [-0.1, -0.05) is 6.07 Å². The highest BCUT2D eigenvalue weighted by Crippen LogP contribution is 2.07. The van der Waals surface area contributed by atoms with E-state index in [1.54, 1.807) is 42.6 Å². The summed E-state index contributed by atoms with van der Waals surface area (Å²) >= 11 is 0. The minimum Gasteiger partial charge on any atom is -0.351 e. The molecule has 0 saturated carbocycles.